The molecule has 0 saturated heterocycles. The number of anilines is 2. The van der Waals surface area contributed by atoms with Crippen molar-refractivity contribution in [3.8, 4) is 5.75 Å². The third-order valence-electron chi connectivity index (χ3n) is 4.02. The lowest BCUT2D eigenvalue weighted by Gasteiger charge is -2.21. The molecule has 4 nitrogen and oxygen atoms in total. The molecule has 0 aliphatic carbocycles. The molecule has 0 fully saturated rings. The zero-order valence-corrected chi connectivity index (χ0v) is 14.8. The molecule has 1 amide bonds. The van der Waals surface area contributed by atoms with Crippen molar-refractivity contribution in [1.29, 1.82) is 0 Å². The van der Waals surface area contributed by atoms with Crippen LogP contribution in [0.1, 0.15) is 34.8 Å². The number of ether oxygens (including phenoxy) is 1. The zero-order chi connectivity index (χ0) is 16.2. The number of fused-ring (bicyclic) bond motifs is 1. The van der Waals surface area contributed by atoms with Crippen LogP contribution in [0, 0.1) is 6.92 Å². The van der Waals surface area contributed by atoms with Crippen molar-refractivity contribution in [3.05, 3.63) is 53.1 Å². The van der Waals surface area contributed by atoms with Gasteiger partial charge in [0.1, 0.15) is 5.75 Å². The third kappa shape index (κ3) is 3.82. The molecule has 0 aromatic heterocycles. The van der Waals surface area contributed by atoms with Crippen molar-refractivity contribution in [3.63, 3.8) is 0 Å². The Morgan fingerprint density at radius 1 is 1.29 bits per heavy atom. The predicted octanol–water partition coefficient (Wildman–Crippen LogP) is 4.43. The highest BCUT2D eigenvalue weighted by Crippen LogP contribution is 2.29. The van der Waals surface area contributed by atoms with Gasteiger partial charge in [0.05, 0.1) is 12.3 Å². The molecule has 128 valence electrons. The summed E-state index contributed by atoms with van der Waals surface area (Å²) in [6, 6.07) is 11.6. The van der Waals surface area contributed by atoms with Crippen molar-refractivity contribution < 1.29 is 9.53 Å². The molecule has 0 atom stereocenters. The van der Waals surface area contributed by atoms with Crippen molar-refractivity contribution >= 4 is 29.7 Å². The molecule has 0 spiro atoms. The van der Waals surface area contributed by atoms with Crippen molar-refractivity contribution in [2.24, 2.45) is 0 Å². The molecule has 24 heavy (non-hydrogen) atoms. The molecule has 5 heteroatoms. The molecular formula is C19H23ClN2O2. The highest BCUT2D eigenvalue weighted by Gasteiger charge is 2.18. The van der Waals surface area contributed by atoms with Crippen LogP contribution in [-0.4, -0.2) is 19.1 Å². The molecule has 2 aromatic carbocycles. The summed E-state index contributed by atoms with van der Waals surface area (Å²) in [5.41, 5.74) is 4.72. The lowest BCUT2D eigenvalue weighted by atomic mass is 9.97. The summed E-state index contributed by atoms with van der Waals surface area (Å²) < 4.78 is 5.64. The molecule has 2 aromatic rings. The first-order chi connectivity index (χ1) is 11.2. The molecule has 3 rings (SSSR count). The molecule has 2 N–H and O–H groups in total. The summed E-state index contributed by atoms with van der Waals surface area (Å²) in [4.78, 5) is 12.7. The normalized spacial score (nSPS) is 12.4. The standard InChI is InChI=1S/C19H22N2O2.ClH/c1-3-23-18-12-13(2)9-10-17(18)21-19(22)15-6-4-8-16-14(15)7-5-11-20-16;/h4,6,8-10,12,20H,3,5,7,11H2,1-2H3,(H,21,22);1H. The second-order valence-corrected chi connectivity index (χ2v) is 5.75. The Morgan fingerprint density at radius 3 is 2.92 bits per heavy atom. The zero-order valence-electron chi connectivity index (χ0n) is 14.0. The summed E-state index contributed by atoms with van der Waals surface area (Å²) in [6.45, 7) is 5.47. The Bertz CT molecular complexity index is 731. The minimum absolute atomic E-state index is 0. The van der Waals surface area contributed by atoms with Gasteiger partial charge in [0, 0.05) is 17.8 Å². The molecular weight excluding hydrogens is 324 g/mol. The van der Waals surface area contributed by atoms with Gasteiger partial charge in [0.2, 0.25) is 0 Å². The lowest BCUT2D eigenvalue weighted by molar-refractivity contribution is 0.102. The molecule has 1 aliphatic rings. The molecule has 0 saturated carbocycles. The fraction of sp³-hybridized carbons (Fsp3) is 0.316. The van der Waals surface area contributed by atoms with Gasteiger partial charge in [-0.05, 0) is 62.1 Å². The van der Waals surface area contributed by atoms with E-state index in [4.69, 9.17) is 4.74 Å². The minimum Gasteiger partial charge on any atom is -0.492 e. The van der Waals surface area contributed by atoms with Crippen molar-refractivity contribution in [2.45, 2.75) is 26.7 Å². The van der Waals surface area contributed by atoms with Gasteiger partial charge in [-0.2, -0.15) is 0 Å². The third-order valence-corrected chi connectivity index (χ3v) is 4.02. The maximum atomic E-state index is 12.7. The number of rotatable bonds is 4. The maximum Gasteiger partial charge on any atom is 0.256 e. The summed E-state index contributed by atoms with van der Waals surface area (Å²) in [5.74, 6) is 0.624. The Hall–Kier alpha value is -2.20. The van der Waals surface area contributed by atoms with Crippen molar-refractivity contribution in [2.75, 3.05) is 23.8 Å². The van der Waals surface area contributed by atoms with Crippen LogP contribution in [0.4, 0.5) is 11.4 Å². The van der Waals surface area contributed by atoms with E-state index >= 15 is 0 Å². The predicted molar refractivity (Wildman–Crippen MR) is 101 cm³/mol. The summed E-state index contributed by atoms with van der Waals surface area (Å²) in [6.07, 6.45) is 1.98. The molecule has 1 aliphatic heterocycles. The number of hydrogen-bond acceptors (Lipinski definition) is 3. The van der Waals surface area contributed by atoms with E-state index < -0.39 is 0 Å². The lowest BCUT2D eigenvalue weighted by Crippen LogP contribution is -2.19. The quantitative estimate of drug-likeness (QED) is 0.861. The van der Waals surface area contributed by atoms with E-state index in [1.54, 1.807) is 0 Å². The van der Waals surface area contributed by atoms with E-state index in [0.717, 1.165) is 41.8 Å². The van der Waals surface area contributed by atoms with Crippen molar-refractivity contribution in [1.82, 2.24) is 0 Å². The SMILES string of the molecule is CCOc1cc(C)ccc1NC(=O)c1cccc2c1CCCN2.Cl. The van der Waals surface area contributed by atoms with Gasteiger partial charge in [0.15, 0.2) is 0 Å². The van der Waals surface area contributed by atoms with Crippen LogP contribution in [0.15, 0.2) is 36.4 Å². The number of hydrogen-bond donors (Lipinski definition) is 2. The second-order valence-electron chi connectivity index (χ2n) is 5.75. The van der Waals surface area contributed by atoms with E-state index in [1.165, 1.54) is 0 Å². The van der Waals surface area contributed by atoms with Crippen LogP contribution < -0.4 is 15.4 Å². The van der Waals surface area contributed by atoms with Gasteiger partial charge < -0.3 is 15.4 Å². The van der Waals surface area contributed by atoms with Gasteiger partial charge in [-0.1, -0.05) is 12.1 Å². The smallest absolute Gasteiger partial charge is 0.256 e. The van der Waals surface area contributed by atoms with E-state index in [-0.39, 0.29) is 18.3 Å². The average molecular weight is 347 g/mol. The second kappa shape index (κ2) is 8.06. The van der Waals surface area contributed by atoms with Crippen LogP contribution in [0.5, 0.6) is 5.75 Å². The van der Waals surface area contributed by atoms with Gasteiger partial charge in [-0.15, -0.1) is 12.4 Å². The fourth-order valence-electron chi connectivity index (χ4n) is 2.92. The summed E-state index contributed by atoms with van der Waals surface area (Å²) in [5, 5.41) is 6.35. The van der Waals surface area contributed by atoms with Crippen LogP contribution >= 0.6 is 12.4 Å². The van der Waals surface area contributed by atoms with Gasteiger partial charge in [0.25, 0.3) is 5.91 Å². The molecule has 0 bridgehead atoms. The van der Waals surface area contributed by atoms with E-state index in [0.29, 0.717) is 18.0 Å². The summed E-state index contributed by atoms with van der Waals surface area (Å²) >= 11 is 0. The van der Waals surface area contributed by atoms with Crippen LogP contribution in [0.3, 0.4) is 0 Å². The highest BCUT2D eigenvalue weighted by molar-refractivity contribution is 6.07. The Balaban J connectivity index is 0.00000208. The largest absolute Gasteiger partial charge is 0.492 e. The Kier molecular flexibility index (Phi) is 6.10. The number of amides is 1. The monoisotopic (exact) mass is 346 g/mol. The molecule has 0 radical (unpaired) electrons. The van der Waals surface area contributed by atoms with Gasteiger partial charge in [-0.25, -0.2) is 0 Å². The number of aryl methyl sites for hydroxylation is 1. The maximum absolute atomic E-state index is 12.7. The average Bonchev–Trinajstić information content (AvgIpc) is 2.57. The first-order valence-electron chi connectivity index (χ1n) is 8.09. The number of carbonyl (C=O) groups excluding carboxylic acids is 1. The topological polar surface area (TPSA) is 50.4 Å². The fourth-order valence-corrected chi connectivity index (χ4v) is 2.92. The van der Waals surface area contributed by atoms with Crippen LogP contribution in [0.25, 0.3) is 0 Å². The van der Waals surface area contributed by atoms with E-state index in [9.17, 15) is 4.79 Å². The first kappa shape index (κ1) is 18.1. The number of nitrogens with one attached hydrogen (secondary N) is 2. The Labute approximate surface area is 149 Å². The Morgan fingerprint density at radius 2 is 2.12 bits per heavy atom. The summed E-state index contributed by atoms with van der Waals surface area (Å²) in [7, 11) is 0. The highest BCUT2D eigenvalue weighted by atomic mass is 35.5. The van der Waals surface area contributed by atoms with Crippen LogP contribution in [0.2, 0.25) is 0 Å². The number of benzene rings is 2. The minimum atomic E-state index is -0.0876. The first-order valence-corrected chi connectivity index (χ1v) is 8.09. The molecule has 1 heterocycles. The van der Waals surface area contributed by atoms with Crippen LogP contribution in [-0.2, 0) is 6.42 Å². The number of carbonyl (C=O) groups is 1. The molecule has 0 unspecified atom stereocenters. The van der Waals surface area contributed by atoms with E-state index in [1.807, 2.05) is 50.2 Å². The van der Waals surface area contributed by atoms with E-state index in [2.05, 4.69) is 10.6 Å². The number of halogens is 1. The van der Waals surface area contributed by atoms with Gasteiger partial charge in [-0.3, -0.25) is 4.79 Å². The van der Waals surface area contributed by atoms with Gasteiger partial charge >= 0.3 is 0 Å².